The minimum Gasteiger partial charge on any atom is -0.461 e. The summed E-state index contributed by atoms with van der Waals surface area (Å²) in [6.45, 7) is 2.25. The molecule has 0 fully saturated rings. The third-order valence-electron chi connectivity index (χ3n) is 3.57. The Hall–Kier alpha value is -2.45. The average molecular weight is 346 g/mol. The van der Waals surface area contributed by atoms with Crippen LogP contribution in [0.15, 0.2) is 52.0 Å². The number of rotatable bonds is 7. The number of H-pyrrole nitrogens is 1. The van der Waals surface area contributed by atoms with Gasteiger partial charge in [0.1, 0.15) is 5.82 Å². The maximum absolute atomic E-state index is 12.2. The molecule has 0 aliphatic carbocycles. The van der Waals surface area contributed by atoms with Crippen molar-refractivity contribution >= 4 is 10.0 Å². The Balaban J connectivity index is 1.59. The zero-order valence-corrected chi connectivity index (χ0v) is 14.0. The van der Waals surface area contributed by atoms with Crippen molar-refractivity contribution in [2.24, 2.45) is 0 Å². The number of furan rings is 1. The molecule has 3 rings (SSSR count). The fourth-order valence-electron chi connectivity index (χ4n) is 2.21. The van der Waals surface area contributed by atoms with E-state index in [9.17, 15) is 8.42 Å². The number of sulfonamides is 1. The summed E-state index contributed by atoms with van der Waals surface area (Å²) in [6, 6.07) is 10.4. The molecule has 8 heteroatoms. The molecule has 0 saturated carbocycles. The van der Waals surface area contributed by atoms with Crippen molar-refractivity contribution in [1.29, 1.82) is 0 Å². The van der Waals surface area contributed by atoms with E-state index in [4.69, 9.17) is 4.42 Å². The van der Waals surface area contributed by atoms with Crippen molar-refractivity contribution < 1.29 is 12.8 Å². The van der Waals surface area contributed by atoms with Crippen LogP contribution in [0.3, 0.4) is 0 Å². The second-order valence-electron chi connectivity index (χ2n) is 5.23. The summed E-state index contributed by atoms with van der Waals surface area (Å²) >= 11 is 0. The van der Waals surface area contributed by atoms with Crippen LogP contribution in [0.4, 0.5) is 0 Å². The van der Waals surface area contributed by atoms with Gasteiger partial charge in [0, 0.05) is 13.0 Å². The summed E-state index contributed by atoms with van der Waals surface area (Å²) in [4.78, 5) is 4.53. The zero-order chi connectivity index (χ0) is 17.0. The van der Waals surface area contributed by atoms with Gasteiger partial charge in [0.15, 0.2) is 5.76 Å². The molecule has 0 aliphatic heterocycles. The minimum absolute atomic E-state index is 0.227. The fraction of sp³-hybridized carbons (Fsp3) is 0.250. The third kappa shape index (κ3) is 3.72. The van der Waals surface area contributed by atoms with E-state index in [-0.39, 0.29) is 11.4 Å². The molecule has 7 nitrogen and oxygen atoms in total. The maximum atomic E-state index is 12.2. The van der Waals surface area contributed by atoms with E-state index in [1.807, 2.05) is 19.1 Å². The maximum Gasteiger partial charge on any atom is 0.240 e. The highest BCUT2D eigenvalue weighted by molar-refractivity contribution is 7.89. The van der Waals surface area contributed by atoms with Gasteiger partial charge in [-0.2, -0.15) is 5.10 Å². The molecule has 0 aliphatic rings. The summed E-state index contributed by atoms with van der Waals surface area (Å²) < 4.78 is 32.3. The van der Waals surface area contributed by atoms with Crippen molar-refractivity contribution in [2.45, 2.75) is 24.7 Å². The predicted octanol–water partition coefficient (Wildman–Crippen LogP) is 2.15. The standard InChI is InChI=1S/C16H18N4O3S/c1-2-12-5-7-13(8-6-12)24(21,22)17-10-9-15-18-16(20-19-15)14-4-3-11-23-14/h3-8,11,17H,2,9-10H2,1H3,(H,18,19,20). The third-order valence-corrected chi connectivity index (χ3v) is 5.05. The summed E-state index contributed by atoms with van der Waals surface area (Å²) in [6.07, 6.45) is 2.82. The lowest BCUT2D eigenvalue weighted by atomic mass is 10.2. The number of hydrogen-bond acceptors (Lipinski definition) is 5. The quantitative estimate of drug-likeness (QED) is 0.682. The van der Waals surface area contributed by atoms with E-state index in [0.29, 0.717) is 23.8 Å². The normalized spacial score (nSPS) is 11.7. The van der Waals surface area contributed by atoms with Crippen LogP contribution in [-0.2, 0) is 22.9 Å². The van der Waals surface area contributed by atoms with Gasteiger partial charge < -0.3 is 4.42 Å². The molecule has 0 saturated heterocycles. The molecular weight excluding hydrogens is 328 g/mol. The Labute approximate surface area is 140 Å². The number of aryl methyl sites for hydroxylation is 1. The van der Waals surface area contributed by atoms with Crippen molar-refractivity contribution in [3.05, 3.63) is 54.0 Å². The monoisotopic (exact) mass is 346 g/mol. The highest BCUT2D eigenvalue weighted by Crippen LogP contribution is 2.14. The Kier molecular flexibility index (Phi) is 4.77. The van der Waals surface area contributed by atoms with Crippen LogP contribution in [0.1, 0.15) is 18.3 Å². The van der Waals surface area contributed by atoms with Crippen LogP contribution < -0.4 is 4.72 Å². The van der Waals surface area contributed by atoms with Gasteiger partial charge in [-0.25, -0.2) is 18.1 Å². The number of aromatic amines is 1. The van der Waals surface area contributed by atoms with Gasteiger partial charge in [-0.1, -0.05) is 19.1 Å². The highest BCUT2D eigenvalue weighted by Gasteiger charge is 2.14. The molecule has 126 valence electrons. The van der Waals surface area contributed by atoms with Gasteiger partial charge in [0.25, 0.3) is 0 Å². The van der Waals surface area contributed by atoms with E-state index in [1.165, 1.54) is 0 Å². The lowest BCUT2D eigenvalue weighted by Crippen LogP contribution is -2.26. The summed E-state index contributed by atoms with van der Waals surface area (Å²) in [5.41, 5.74) is 1.10. The lowest BCUT2D eigenvalue weighted by Gasteiger charge is -2.06. The fourth-order valence-corrected chi connectivity index (χ4v) is 3.25. The largest absolute Gasteiger partial charge is 0.461 e. The van der Waals surface area contributed by atoms with Crippen molar-refractivity contribution in [1.82, 2.24) is 19.9 Å². The Morgan fingerprint density at radius 1 is 1.21 bits per heavy atom. The van der Waals surface area contributed by atoms with E-state index < -0.39 is 10.0 Å². The van der Waals surface area contributed by atoms with E-state index >= 15 is 0 Å². The smallest absolute Gasteiger partial charge is 0.240 e. The van der Waals surface area contributed by atoms with Crippen LogP contribution in [0.2, 0.25) is 0 Å². The molecular formula is C16H18N4O3S. The first kappa shape index (κ1) is 16.4. The molecule has 0 atom stereocenters. The van der Waals surface area contributed by atoms with Crippen molar-refractivity contribution in [2.75, 3.05) is 6.54 Å². The van der Waals surface area contributed by atoms with Gasteiger partial charge in [0.2, 0.25) is 15.8 Å². The van der Waals surface area contributed by atoms with Crippen molar-refractivity contribution in [3.8, 4) is 11.6 Å². The lowest BCUT2D eigenvalue weighted by molar-refractivity contribution is 0.577. The predicted molar refractivity (Wildman–Crippen MR) is 88.8 cm³/mol. The number of nitrogens with zero attached hydrogens (tertiary/aromatic N) is 2. The van der Waals surface area contributed by atoms with Crippen molar-refractivity contribution in [3.63, 3.8) is 0 Å². The molecule has 3 aromatic rings. The Morgan fingerprint density at radius 2 is 2.00 bits per heavy atom. The van der Waals surface area contributed by atoms with Crippen LogP contribution in [0, 0.1) is 0 Å². The van der Waals surface area contributed by atoms with E-state index in [1.54, 1.807) is 30.5 Å². The molecule has 1 aromatic carbocycles. The molecule has 2 aromatic heterocycles. The topological polar surface area (TPSA) is 101 Å². The molecule has 24 heavy (non-hydrogen) atoms. The number of benzene rings is 1. The summed E-state index contributed by atoms with van der Waals surface area (Å²) in [7, 11) is -3.52. The van der Waals surface area contributed by atoms with Gasteiger partial charge in [0.05, 0.1) is 11.2 Å². The zero-order valence-electron chi connectivity index (χ0n) is 13.2. The Bertz CT molecular complexity index is 884. The van der Waals surface area contributed by atoms with E-state index in [0.717, 1.165) is 12.0 Å². The summed E-state index contributed by atoms with van der Waals surface area (Å²) in [5, 5.41) is 6.82. The second kappa shape index (κ2) is 6.98. The average Bonchev–Trinajstić information content (AvgIpc) is 3.26. The molecule has 0 amide bonds. The molecule has 0 bridgehead atoms. The highest BCUT2D eigenvalue weighted by atomic mass is 32.2. The summed E-state index contributed by atoms with van der Waals surface area (Å²) in [5.74, 6) is 1.60. The first-order chi connectivity index (χ1) is 11.6. The number of aromatic nitrogens is 3. The van der Waals surface area contributed by atoms with Gasteiger partial charge in [-0.05, 0) is 36.2 Å². The molecule has 0 radical (unpaired) electrons. The SMILES string of the molecule is CCc1ccc(S(=O)(=O)NCCc2nc(-c3ccco3)n[nH]2)cc1. The van der Waals surface area contributed by atoms with Crippen LogP contribution in [0.5, 0.6) is 0 Å². The van der Waals surface area contributed by atoms with Gasteiger partial charge in [-0.3, -0.25) is 5.10 Å². The number of nitrogens with one attached hydrogen (secondary N) is 2. The van der Waals surface area contributed by atoms with Gasteiger partial charge >= 0.3 is 0 Å². The number of hydrogen-bond donors (Lipinski definition) is 2. The van der Waals surface area contributed by atoms with Crippen LogP contribution in [0.25, 0.3) is 11.6 Å². The second-order valence-corrected chi connectivity index (χ2v) is 7.00. The first-order valence-electron chi connectivity index (χ1n) is 7.62. The minimum atomic E-state index is -3.52. The van der Waals surface area contributed by atoms with Crippen LogP contribution >= 0.6 is 0 Å². The molecule has 0 unspecified atom stereocenters. The van der Waals surface area contributed by atoms with E-state index in [2.05, 4.69) is 19.9 Å². The molecule has 2 heterocycles. The molecule has 2 N–H and O–H groups in total. The first-order valence-corrected chi connectivity index (χ1v) is 9.10. The molecule has 0 spiro atoms. The van der Waals surface area contributed by atoms with Crippen LogP contribution in [-0.4, -0.2) is 30.1 Å². The van der Waals surface area contributed by atoms with Gasteiger partial charge in [-0.15, -0.1) is 0 Å². The Morgan fingerprint density at radius 3 is 2.67 bits per heavy atom.